The van der Waals surface area contributed by atoms with Gasteiger partial charge in [-0.2, -0.15) is 0 Å². The lowest BCUT2D eigenvalue weighted by atomic mass is 9.87. The maximum atomic E-state index is 13.9. The number of nitrogens with zero attached hydrogens (tertiary/aromatic N) is 2. The number of likely N-dealkylation sites (tertiary alicyclic amines) is 1. The van der Waals surface area contributed by atoms with Gasteiger partial charge in [-0.1, -0.05) is 90.7 Å². The topological polar surface area (TPSA) is 66.6 Å². The molecule has 3 aromatic rings. The van der Waals surface area contributed by atoms with E-state index in [1.165, 1.54) is 0 Å². The predicted octanol–water partition coefficient (Wildman–Crippen LogP) is 3.65. The molecule has 0 unspecified atom stereocenters. The maximum absolute atomic E-state index is 13.9. The molecule has 178 valence electrons. The van der Waals surface area contributed by atoms with Gasteiger partial charge in [0.1, 0.15) is 6.04 Å². The molecule has 2 atom stereocenters. The summed E-state index contributed by atoms with van der Waals surface area (Å²) in [6.45, 7) is 1.05. The van der Waals surface area contributed by atoms with Crippen LogP contribution in [0.25, 0.3) is 0 Å². The maximum Gasteiger partial charge on any atom is 0.240 e. The molecule has 5 nitrogen and oxygen atoms in total. The van der Waals surface area contributed by atoms with Gasteiger partial charge in [0.2, 0.25) is 11.8 Å². The van der Waals surface area contributed by atoms with Crippen molar-refractivity contribution in [2.45, 2.75) is 30.8 Å². The zero-order chi connectivity index (χ0) is 24.6. The third-order valence-corrected chi connectivity index (χ3v) is 6.66. The highest BCUT2D eigenvalue weighted by atomic mass is 16.2. The second kappa shape index (κ2) is 11.5. The van der Waals surface area contributed by atoms with E-state index < -0.39 is 17.9 Å². The number of benzene rings is 3. The fraction of sp³-hybridized carbons (Fsp3) is 0.267. The van der Waals surface area contributed by atoms with Crippen LogP contribution in [-0.4, -0.2) is 53.8 Å². The van der Waals surface area contributed by atoms with Crippen molar-refractivity contribution in [1.29, 1.82) is 0 Å². The summed E-state index contributed by atoms with van der Waals surface area (Å²) in [5.74, 6) is 5.36. The zero-order valence-electron chi connectivity index (χ0n) is 20.0. The second-order valence-corrected chi connectivity index (χ2v) is 8.97. The number of amides is 2. The van der Waals surface area contributed by atoms with Gasteiger partial charge < -0.3 is 10.6 Å². The molecular formula is C30H31N3O2. The molecule has 1 aliphatic rings. The normalized spacial score (nSPS) is 17.6. The Morgan fingerprint density at radius 3 is 2.03 bits per heavy atom. The van der Waals surface area contributed by atoms with Gasteiger partial charge in [-0.3, -0.25) is 14.5 Å². The van der Waals surface area contributed by atoms with Crippen LogP contribution in [-0.2, 0) is 9.59 Å². The molecule has 1 saturated heterocycles. The van der Waals surface area contributed by atoms with Crippen LogP contribution in [0.2, 0.25) is 0 Å². The van der Waals surface area contributed by atoms with Crippen molar-refractivity contribution in [3.63, 3.8) is 0 Å². The van der Waals surface area contributed by atoms with Crippen LogP contribution in [0.5, 0.6) is 0 Å². The number of carbonyl (C=O) groups is 2. The van der Waals surface area contributed by atoms with Crippen LogP contribution in [0, 0.1) is 11.8 Å². The number of piperidine rings is 1. The van der Waals surface area contributed by atoms with Gasteiger partial charge in [-0.05, 0) is 43.1 Å². The van der Waals surface area contributed by atoms with Gasteiger partial charge in [0.05, 0.1) is 12.5 Å². The average molecular weight is 466 g/mol. The van der Waals surface area contributed by atoms with Crippen LogP contribution in [0.3, 0.4) is 0 Å². The Morgan fingerprint density at radius 2 is 1.49 bits per heavy atom. The summed E-state index contributed by atoms with van der Waals surface area (Å²) in [5, 5.41) is 0. The quantitative estimate of drug-likeness (QED) is 0.565. The van der Waals surface area contributed by atoms with E-state index in [1.807, 2.05) is 98.0 Å². The minimum absolute atomic E-state index is 0.0869. The third kappa shape index (κ3) is 5.98. The Kier molecular flexibility index (Phi) is 7.97. The average Bonchev–Trinajstić information content (AvgIpc) is 2.90. The Hall–Kier alpha value is -3.88. The van der Waals surface area contributed by atoms with E-state index in [0.29, 0.717) is 19.5 Å². The van der Waals surface area contributed by atoms with Crippen LogP contribution in [0.4, 0.5) is 0 Å². The molecule has 4 rings (SSSR count). The van der Waals surface area contributed by atoms with Crippen LogP contribution in [0.1, 0.15) is 35.4 Å². The first-order valence-electron chi connectivity index (χ1n) is 12.0. The van der Waals surface area contributed by atoms with Gasteiger partial charge in [-0.25, -0.2) is 0 Å². The molecule has 2 N–H and O–H groups in total. The fourth-order valence-corrected chi connectivity index (χ4v) is 4.73. The number of hydrogen-bond acceptors (Lipinski definition) is 3. The Morgan fingerprint density at radius 1 is 0.943 bits per heavy atom. The van der Waals surface area contributed by atoms with Crippen LogP contribution in [0.15, 0.2) is 91.0 Å². The molecule has 0 spiro atoms. The van der Waals surface area contributed by atoms with Crippen molar-refractivity contribution < 1.29 is 9.59 Å². The second-order valence-electron chi connectivity index (χ2n) is 8.97. The summed E-state index contributed by atoms with van der Waals surface area (Å²) < 4.78 is 0. The molecule has 1 aliphatic heterocycles. The van der Waals surface area contributed by atoms with E-state index in [9.17, 15) is 9.59 Å². The van der Waals surface area contributed by atoms with E-state index in [4.69, 9.17) is 5.73 Å². The summed E-state index contributed by atoms with van der Waals surface area (Å²) in [6.07, 6.45) is 1.26. The number of rotatable bonds is 6. The highest BCUT2D eigenvalue weighted by Gasteiger charge is 2.39. The largest absolute Gasteiger partial charge is 0.368 e. The standard InChI is InChI=1S/C30H31N3O2/c1-32(20-11-14-23-12-5-2-6-13-23)26-19-21-33(27(22-26)29(31)34)30(35)28(24-15-7-3-8-16-24)25-17-9-4-10-18-25/h2-10,12-13,15-18,26-28H,19-22H2,1H3,(H2,31,34)/t26-,27+/m1/s1. The van der Waals surface area contributed by atoms with Gasteiger partial charge >= 0.3 is 0 Å². The minimum atomic E-state index is -0.652. The van der Waals surface area contributed by atoms with Crippen molar-refractivity contribution in [1.82, 2.24) is 9.80 Å². The summed E-state index contributed by atoms with van der Waals surface area (Å²) in [6, 6.07) is 28.8. The first-order valence-corrected chi connectivity index (χ1v) is 12.0. The SMILES string of the molecule is CN(CC#Cc1ccccc1)[C@@H]1CCN(C(=O)C(c2ccccc2)c2ccccc2)[C@H](C(N)=O)C1. The summed E-state index contributed by atoms with van der Waals surface area (Å²) in [4.78, 5) is 30.3. The summed E-state index contributed by atoms with van der Waals surface area (Å²) in [7, 11) is 2.01. The van der Waals surface area contributed by atoms with Gasteiger partial charge in [-0.15, -0.1) is 0 Å². The van der Waals surface area contributed by atoms with Crippen LogP contribution < -0.4 is 5.73 Å². The van der Waals surface area contributed by atoms with E-state index >= 15 is 0 Å². The van der Waals surface area contributed by atoms with Gasteiger partial charge in [0.15, 0.2) is 0 Å². The molecule has 0 bridgehead atoms. The molecule has 35 heavy (non-hydrogen) atoms. The van der Waals surface area contributed by atoms with Crippen molar-refractivity contribution in [3.05, 3.63) is 108 Å². The lowest BCUT2D eigenvalue weighted by Gasteiger charge is -2.42. The third-order valence-electron chi connectivity index (χ3n) is 6.66. The van der Waals surface area contributed by atoms with Gasteiger partial charge in [0.25, 0.3) is 0 Å². The lowest BCUT2D eigenvalue weighted by Crippen LogP contribution is -2.57. The fourth-order valence-electron chi connectivity index (χ4n) is 4.73. The van der Waals surface area contributed by atoms with E-state index in [2.05, 4.69) is 16.7 Å². The van der Waals surface area contributed by atoms with Crippen LogP contribution >= 0.6 is 0 Å². The first-order chi connectivity index (χ1) is 17.0. The number of nitrogens with two attached hydrogens (primary N) is 1. The van der Waals surface area contributed by atoms with Crippen molar-refractivity contribution in [2.75, 3.05) is 20.1 Å². The van der Waals surface area contributed by atoms with E-state index in [-0.39, 0.29) is 11.9 Å². The molecule has 3 aromatic carbocycles. The molecule has 1 fully saturated rings. The van der Waals surface area contributed by atoms with Gasteiger partial charge in [0, 0.05) is 18.2 Å². The minimum Gasteiger partial charge on any atom is -0.368 e. The molecule has 0 aliphatic carbocycles. The zero-order valence-corrected chi connectivity index (χ0v) is 20.0. The molecule has 0 saturated carbocycles. The number of hydrogen-bond donors (Lipinski definition) is 1. The Bertz CT molecular complexity index is 1150. The smallest absolute Gasteiger partial charge is 0.240 e. The molecule has 1 heterocycles. The van der Waals surface area contributed by atoms with Crippen molar-refractivity contribution >= 4 is 11.8 Å². The monoisotopic (exact) mass is 465 g/mol. The van der Waals surface area contributed by atoms with E-state index in [0.717, 1.165) is 23.1 Å². The highest BCUT2D eigenvalue weighted by Crippen LogP contribution is 2.30. The molecule has 0 aromatic heterocycles. The van der Waals surface area contributed by atoms with E-state index in [1.54, 1.807) is 4.90 Å². The lowest BCUT2D eigenvalue weighted by molar-refractivity contribution is -0.142. The predicted molar refractivity (Wildman–Crippen MR) is 138 cm³/mol. The molecule has 2 amide bonds. The first kappa shape index (κ1) is 24.3. The molecular weight excluding hydrogens is 434 g/mol. The molecule has 0 radical (unpaired) electrons. The Labute approximate surface area is 207 Å². The number of primary amides is 1. The van der Waals surface area contributed by atoms with Crippen molar-refractivity contribution in [2.24, 2.45) is 5.73 Å². The summed E-state index contributed by atoms with van der Waals surface area (Å²) >= 11 is 0. The molecule has 5 heteroatoms. The number of carbonyl (C=O) groups excluding carboxylic acids is 2. The summed E-state index contributed by atoms with van der Waals surface area (Å²) in [5.41, 5.74) is 8.62. The van der Waals surface area contributed by atoms with Crippen molar-refractivity contribution in [3.8, 4) is 11.8 Å². The Balaban J connectivity index is 1.50. The highest BCUT2D eigenvalue weighted by molar-refractivity contribution is 5.92.